The number of sulfonamides is 1. The van der Waals surface area contributed by atoms with E-state index in [1.54, 1.807) is 38.4 Å². The minimum absolute atomic E-state index is 0.0967. The first kappa shape index (κ1) is 23.5. The molecule has 174 valence electrons. The summed E-state index contributed by atoms with van der Waals surface area (Å²) in [6.07, 6.45) is 2.80. The van der Waals surface area contributed by atoms with Crippen LogP contribution >= 0.6 is 11.8 Å². The van der Waals surface area contributed by atoms with E-state index in [-0.39, 0.29) is 21.9 Å². The van der Waals surface area contributed by atoms with Gasteiger partial charge >= 0.3 is 0 Å². The maximum Gasteiger partial charge on any atom is 0.277 e. The van der Waals surface area contributed by atoms with Crippen molar-refractivity contribution in [2.45, 2.75) is 34.6 Å². The maximum absolute atomic E-state index is 13.0. The summed E-state index contributed by atoms with van der Waals surface area (Å²) in [5.41, 5.74) is 1.35. The number of likely N-dealkylation sites (N-methyl/N-ethyl adjacent to an activating group) is 1. The molecular weight excluding hydrogens is 460 g/mol. The summed E-state index contributed by atoms with van der Waals surface area (Å²) < 4.78 is 33.4. The number of carbonyl (C=O) groups is 1. The zero-order valence-electron chi connectivity index (χ0n) is 18.5. The molecule has 0 bridgehead atoms. The molecule has 3 aromatic rings. The number of hydrogen-bond acceptors (Lipinski definition) is 7. The minimum atomic E-state index is -3.57. The molecule has 1 atom stereocenters. The van der Waals surface area contributed by atoms with Crippen LogP contribution in [0.15, 0.2) is 69.1 Å². The Kier molecular flexibility index (Phi) is 7.16. The van der Waals surface area contributed by atoms with Crippen LogP contribution in [0.2, 0.25) is 0 Å². The van der Waals surface area contributed by atoms with Gasteiger partial charge in [0.15, 0.2) is 0 Å². The molecule has 1 aromatic heterocycles. The quantitative estimate of drug-likeness (QED) is 0.468. The van der Waals surface area contributed by atoms with Crippen LogP contribution in [-0.4, -0.2) is 60.9 Å². The molecule has 4 rings (SSSR count). The van der Waals surface area contributed by atoms with Gasteiger partial charge in [0.1, 0.15) is 5.25 Å². The molecule has 0 radical (unpaired) electrons. The molecule has 1 saturated heterocycles. The summed E-state index contributed by atoms with van der Waals surface area (Å²) in [5.74, 6) is 0.109. The lowest BCUT2D eigenvalue weighted by atomic mass is 10.1. The van der Waals surface area contributed by atoms with Crippen molar-refractivity contribution in [1.82, 2.24) is 19.4 Å². The largest absolute Gasteiger partial charge is 0.411 e. The first-order valence-electron chi connectivity index (χ1n) is 10.7. The van der Waals surface area contributed by atoms with Gasteiger partial charge in [0.05, 0.1) is 4.90 Å². The fourth-order valence-electron chi connectivity index (χ4n) is 3.64. The number of thioether (sulfide) groups is 1. The average Bonchev–Trinajstić information content (AvgIpc) is 3.32. The monoisotopic (exact) mass is 486 g/mol. The van der Waals surface area contributed by atoms with E-state index in [1.807, 2.05) is 30.3 Å². The van der Waals surface area contributed by atoms with Crippen molar-refractivity contribution >= 4 is 27.7 Å². The lowest BCUT2D eigenvalue weighted by Gasteiger charge is -2.25. The molecule has 1 aliphatic rings. The molecular formula is C23H26N4O4S2. The summed E-state index contributed by atoms with van der Waals surface area (Å²) in [4.78, 5) is 14.5. The number of amides is 1. The van der Waals surface area contributed by atoms with E-state index < -0.39 is 15.3 Å². The van der Waals surface area contributed by atoms with Crippen molar-refractivity contribution in [3.8, 4) is 11.5 Å². The number of piperidine rings is 1. The molecule has 1 unspecified atom stereocenters. The Bertz CT molecular complexity index is 1210. The molecule has 2 heterocycles. The Morgan fingerprint density at radius 1 is 1.03 bits per heavy atom. The number of nitrogens with zero attached hydrogens (tertiary/aromatic N) is 4. The maximum atomic E-state index is 13.0. The van der Waals surface area contributed by atoms with Gasteiger partial charge < -0.3 is 9.32 Å². The second-order valence-corrected chi connectivity index (χ2v) is 11.0. The topological polar surface area (TPSA) is 96.6 Å². The molecule has 8 nitrogen and oxygen atoms in total. The van der Waals surface area contributed by atoms with E-state index in [0.29, 0.717) is 18.7 Å². The van der Waals surface area contributed by atoms with Gasteiger partial charge in [-0.1, -0.05) is 42.8 Å². The first-order valence-corrected chi connectivity index (χ1v) is 13.0. The van der Waals surface area contributed by atoms with Gasteiger partial charge in [0.2, 0.25) is 21.8 Å². The lowest BCUT2D eigenvalue weighted by molar-refractivity contribution is -0.128. The molecule has 0 saturated carbocycles. The van der Waals surface area contributed by atoms with Crippen LogP contribution in [-0.2, 0) is 14.8 Å². The lowest BCUT2D eigenvalue weighted by Crippen LogP contribution is -2.35. The van der Waals surface area contributed by atoms with Crippen LogP contribution in [0.1, 0.15) is 30.1 Å². The molecule has 0 aliphatic carbocycles. The summed E-state index contributed by atoms with van der Waals surface area (Å²) in [6.45, 7) is 1.07. The Morgan fingerprint density at radius 3 is 2.45 bits per heavy atom. The third-order valence-electron chi connectivity index (χ3n) is 5.43. The zero-order chi connectivity index (χ0) is 23.4. The van der Waals surface area contributed by atoms with Gasteiger partial charge in [-0.2, -0.15) is 4.31 Å². The van der Waals surface area contributed by atoms with Crippen LogP contribution < -0.4 is 0 Å². The van der Waals surface area contributed by atoms with Gasteiger partial charge in [0, 0.05) is 32.7 Å². The van der Waals surface area contributed by atoms with Crippen LogP contribution in [0.5, 0.6) is 0 Å². The van der Waals surface area contributed by atoms with Gasteiger partial charge in [-0.25, -0.2) is 8.42 Å². The first-order chi connectivity index (χ1) is 15.9. The highest BCUT2D eigenvalue weighted by Gasteiger charge is 2.28. The Labute approximate surface area is 198 Å². The molecule has 1 aliphatic heterocycles. The van der Waals surface area contributed by atoms with E-state index in [4.69, 9.17) is 4.42 Å². The molecule has 10 heteroatoms. The third-order valence-corrected chi connectivity index (χ3v) is 8.40. The molecule has 33 heavy (non-hydrogen) atoms. The van der Waals surface area contributed by atoms with Crippen LogP contribution in [0.4, 0.5) is 0 Å². The Hall–Kier alpha value is -2.69. The van der Waals surface area contributed by atoms with E-state index in [2.05, 4.69) is 10.2 Å². The molecule has 0 spiro atoms. The van der Waals surface area contributed by atoms with Gasteiger partial charge in [0.25, 0.3) is 5.22 Å². The van der Waals surface area contributed by atoms with Crippen molar-refractivity contribution < 1.29 is 17.6 Å². The summed E-state index contributed by atoms with van der Waals surface area (Å²) in [5, 5.41) is 7.89. The van der Waals surface area contributed by atoms with Crippen molar-refractivity contribution in [1.29, 1.82) is 0 Å². The van der Waals surface area contributed by atoms with E-state index in [9.17, 15) is 13.2 Å². The Morgan fingerprint density at radius 2 is 1.76 bits per heavy atom. The SMILES string of the molecule is CN(C)C(=O)C(Sc1nnc(-c2cccc(S(=O)(=O)N3CCCCC3)c2)o1)c1ccccc1. The van der Waals surface area contributed by atoms with Crippen molar-refractivity contribution in [2.75, 3.05) is 27.2 Å². The van der Waals surface area contributed by atoms with Crippen LogP contribution in [0.25, 0.3) is 11.5 Å². The number of hydrogen-bond donors (Lipinski definition) is 0. The van der Waals surface area contributed by atoms with Crippen molar-refractivity contribution in [3.05, 3.63) is 60.2 Å². The normalized spacial score (nSPS) is 15.8. The molecule has 2 aromatic carbocycles. The highest BCUT2D eigenvalue weighted by Crippen LogP contribution is 2.37. The molecule has 0 N–H and O–H groups in total. The fourth-order valence-corrected chi connectivity index (χ4v) is 6.23. The average molecular weight is 487 g/mol. The van der Waals surface area contributed by atoms with E-state index in [0.717, 1.165) is 24.8 Å². The fraction of sp³-hybridized carbons (Fsp3) is 0.348. The third kappa shape index (κ3) is 5.29. The second kappa shape index (κ2) is 10.1. The number of rotatable bonds is 7. The van der Waals surface area contributed by atoms with Crippen LogP contribution in [0.3, 0.4) is 0 Å². The Balaban J connectivity index is 1.58. The predicted octanol–water partition coefficient (Wildman–Crippen LogP) is 3.83. The number of aromatic nitrogens is 2. The summed E-state index contributed by atoms with van der Waals surface area (Å²) in [7, 11) is -0.172. The standard InChI is InChI=1S/C23H26N4O4S2/c1-26(2)22(28)20(17-10-5-3-6-11-17)32-23-25-24-21(31-23)18-12-9-13-19(16-18)33(29,30)27-14-7-4-8-15-27/h3,5-6,9-13,16,20H,4,7-8,14-15H2,1-2H3. The number of benzene rings is 2. The van der Waals surface area contributed by atoms with Gasteiger partial charge in [-0.3, -0.25) is 4.79 Å². The highest BCUT2D eigenvalue weighted by molar-refractivity contribution is 8.00. The second-order valence-electron chi connectivity index (χ2n) is 8.01. The number of carbonyl (C=O) groups excluding carboxylic acids is 1. The van der Waals surface area contributed by atoms with Crippen molar-refractivity contribution in [2.24, 2.45) is 0 Å². The van der Waals surface area contributed by atoms with Crippen molar-refractivity contribution in [3.63, 3.8) is 0 Å². The summed E-state index contributed by atoms with van der Waals surface area (Å²) in [6, 6.07) is 15.9. The predicted molar refractivity (Wildman–Crippen MR) is 126 cm³/mol. The minimum Gasteiger partial charge on any atom is -0.411 e. The highest BCUT2D eigenvalue weighted by atomic mass is 32.2. The smallest absolute Gasteiger partial charge is 0.277 e. The van der Waals surface area contributed by atoms with Gasteiger partial charge in [-0.05, 0) is 48.4 Å². The summed E-state index contributed by atoms with van der Waals surface area (Å²) >= 11 is 1.17. The van der Waals surface area contributed by atoms with E-state index in [1.165, 1.54) is 21.0 Å². The van der Waals surface area contributed by atoms with Gasteiger partial charge in [-0.15, -0.1) is 10.2 Å². The molecule has 1 fully saturated rings. The molecule has 1 amide bonds. The zero-order valence-corrected chi connectivity index (χ0v) is 20.2. The van der Waals surface area contributed by atoms with Crippen LogP contribution in [0, 0.1) is 0 Å². The van der Waals surface area contributed by atoms with E-state index >= 15 is 0 Å².